The van der Waals surface area contributed by atoms with Crippen molar-refractivity contribution in [3.05, 3.63) is 47.4 Å². The summed E-state index contributed by atoms with van der Waals surface area (Å²) < 4.78 is 0. The van der Waals surface area contributed by atoms with E-state index in [0.29, 0.717) is 16.5 Å². The van der Waals surface area contributed by atoms with Crippen molar-refractivity contribution in [3.63, 3.8) is 0 Å². The van der Waals surface area contributed by atoms with Crippen LogP contribution >= 0.6 is 0 Å². The van der Waals surface area contributed by atoms with Crippen LogP contribution in [0.1, 0.15) is 20.8 Å². The summed E-state index contributed by atoms with van der Waals surface area (Å²) in [5.74, 6) is -0.304. The molecule has 0 aliphatic heterocycles. The molecule has 122 valence electrons. The van der Waals surface area contributed by atoms with E-state index >= 15 is 0 Å². The van der Waals surface area contributed by atoms with Crippen molar-refractivity contribution < 1.29 is 9.90 Å². The number of carbonyl (C=O) groups is 1. The Balaban J connectivity index is 2.23. The second-order valence-electron chi connectivity index (χ2n) is 6.80. The number of hydrogen-bond acceptors (Lipinski definition) is 4. The maximum absolute atomic E-state index is 12.1. The van der Waals surface area contributed by atoms with E-state index in [-0.39, 0.29) is 17.3 Å². The number of fused-ring (bicyclic) bond motifs is 3. The fourth-order valence-corrected chi connectivity index (χ4v) is 2.64. The molecule has 3 aromatic carbocycles. The van der Waals surface area contributed by atoms with Gasteiger partial charge >= 0.3 is 0 Å². The molecule has 0 heterocycles. The van der Waals surface area contributed by atoms with E-state index in [1.807, 2.05) is 39.0 Å². The molecule has 0 radical (unpaired) electrons. The Morgan fingerprint density at radius 1 is 1.00 bits per heavy atom. The molecule has 0 fully saturated rings. The maximum atomic E-state index is 12.1. The number of carbonyl (C=O) groups excluding carboxylic acids is 1. The van der Waals surface area contributed by atoms with Crippen molar-refractivity contribution in [3.8, 4) is 5.75 Å². The summed E-state index contributed by atoms with van der Waals surface area (Å²) >= 11 is 0. The fourth-order valence-electron chi connectivity index (χ4n) is 2.64. The number of amides is 1. The highest BCUT2D eigenvalue weighted by Gasteiger charge is 2.22. The van der Waals surface area contributed by atoms with E-state index < -0.39 is 5.41 Å². The molecule has 5 nitrogen and oxygen atoms in total. The second kappa shape index (κ2) is 5.60. The van der Waals surface area contributed by atoms with Gasteiger partial charge in [-0.25, -0.2) is 0 Å². The van der Waals surface area contributed by atoms with Crippen LogP contribution in [0.5, 0.6) is 5.75 Å². The summed E-state index contributed by atoms with van der Waals surface area (Å²) in [5.41, 5.74) is 0.0397. The number of benzene rings is 3. The Labute approximate surface area is 139 Å². The summed E-state index contributed by atoms with van der Waals surface area (Å²) in [4.78, 5) is 23.3. The van der Waals surface area contributed by atoms with Crippen LogP contribution in [0.3, 0.4) is 0 Å². The van der Waals surface area contributed by atoms with Crippen molar-refractivity contribution in [2.45, 2.75) is 20.8 Å². The van der Waals surface area contributed by atoms with Crippen molar-refractivity contribution in [1.82, 2.24) is 0 Å². The predicted molar refractivity (Wildman–Crippen MR) is 96.7 cm³/mol. The van der Waals surface area contributed by atoms with Crippen LogP contribution in [-0.2, 0) is 4.79 Å². The minimum absolute atomic E-state index is 0.0115. The van der Waals surface area contributed by atoms with Crippen LogP contribution in [0.15, 0.2) is 47.6 Å². The van der Waals surface area contributed by atoms with Gasteiger partial charge in [0.2, 0.25) is 5.91 Å². The number of phenolic OH excluding ortho intramolecular Hbond substituents is 1. The molecular weight excluding hydrogens is 304 g/mol. The Morgan fingerprint density at radius 3 is 2.25 bits per heavy atom. The van der Waals surface area contributed by atoms with Gasteiger partial charge in [-0.1, -0.05) is 51.1 Å². The first-order chi connectivity index (χ1) is 11.3. The molecule has 0 saturated carbocycles. The number of rotatable bonds is 2. The second-order valence-corrected chi connectivity index (χ2v) is 6.80. The minimum atomic E-state index is -0.532. The molecular formula is C19H18N2O3. The highest BCUT2D eigenvalue weighted by atomic mass is 16.3. The first-order valence-electron chi connectivity index (χ1n) is 7.65. The quantitative estimate of drug-likeness (QED) is 0.510. The monoisotopic (exact) mass is 322 g/mol. The lowest BCUT2D eigenvalue weighted by atomic mass is 9.95. The van der Waals surface area contributed by atoms with Gasteiger partial charge in [0, 0.05) is 21.9 Å². The van der Waals surface area contributed by atoms with Gasteiger partial charge in [-0.05, 0) is 28.1 Å². The number of nitroso groups, excluding NO2 is 1. The van der Waals surface area contributed by atoms with Gasteiger partial charge in [0.15, 0.2) is 11.4 Å². The van der Waals surface area contributed by atoms with Crippen LogP contribution in [0.25, 0.3) is 21.5 Å². The third-order valence-corrected chi connectivity index (χ3v) is 4.00. The SMILES string of the molecule is CC(C)(C)C(=O)Nc1ccc2c(c1)c(O)c(N=O)c1ccccc12. The Kier molecular flexibility index (Phi) is 3.72. The first kappa shape index (κ1) is 15.9. The molecule has 0 unspecified atom stereocenters. The average molecular weight is 322 g/mol. The largest absolute Gasteiger partial charge is 0.505 e. The van der Waals surface area contributed by atoms with E-state index in [4.69, 9.17) is 0 Å². The van der Waals surface area contributed by atoms with Crippen molar-refractivity contribution >= 4 is 38.8 Å². The van der Waals surface area contributed by atoms with Crippen LogP contribution in [0.2, 0.25) is 0 Å². The molecule has 0 saturated heterocycles. The zero-order valence-electron chi connectivity index (χ0n) is 13.8. The van der Waals surface area contributed by atoms with Crippen molar-refractivity contribution in [2.24, 2.45) is 10.6 Å². The summed E-state index contributed by atoms with van der Waals surface area (Å²) in [6.45, 7) is 5.47. The van der Waals surface area contributed by atoms with Crippen LogP contribution < -0.4 is 5.32 Å². The number of aromatic hydroxyl groups is 1. The van der Waals surface area contributed by atoms with E-state index in [1.165, 1.54) is 0 Å². The van der Waals surface area contributed by atoms with E-state index in [9.17, 15) is 14.8 Å². The minimum Gasteiger partial charge on any atom is -0.505 e. The molecule has 0 spiro atoms. The molecule has 0 aromatic heterocycles. The fraction of sp³-hybridized carbons (Fsp3) is 0.211. The molecule has 3 rings (SSSR count). The molecule has 24 heavy (non-hydrogen) atoms. The van der Waals surface area contributed by atoms with Gasteiger partial charge in [0.1, 0.15) is 0 Å². The highest BCUT2D eigenvalue weighted by molar-refractivity contribution is 6.16. The van der Waals surface area contributed by atoms with Crippen molar-refractivity contribution in [2.75, 3.05) is 5.32 Å². The number of hydrogen-bond donors (Lipinski definition) is 2. The lowest BCUT2D eigenvalue weighted by Gasteiger charge is -2.18. The summed E-state index contributed by atoms with van der Waals surface area (Å²) in [5, 5.41) is 19.0. The van der Waals surface area contributed by atoms with Gasteiger partial charge in [-0.2, -0.15) is 0 Å². The molecule has 3 aromatic rings. The van der Waals surface area contributed by atoms with Gasteiger partial charge in [-0.15, -0.1) is 4.91 Å². The topological polar surface area (TPSA) is 78.8 Å². The summed E-state index contributed by atoms with van der Waals surface area (Å²) in [6, 6.07) is 12.5. The standard InChI is InChI=1S/C19H18N2O3/c1-19(2,3)18(23)20-11-8-9-13-12-6-4-5-7-14(12)16(21-24)17(22)15(13)10-11/h4-10,22H,1-3H3,(H,20,23). The predicted octanol–water partition coefficient (Wildman–Crippen LogP) is 5.08. The lowest BCUT2D eigenvalue weighted by molar-refractivity contribution is -0.123. The lowest BCUT2D eigenvalue weighted by Crippen LogP contribution is -2.27. The Morgan fingerprint density at radius 2 is 1.62 bits per heavy atom. The van der Waals surface area contributed by atoms with Gasteiger partial charge in [-0.3, -0.25) is 4.79 Å². The van der Waals surface area contributed by atoms with E-state index in [1.54, 1.807) is 24.3 Å². The normalized spacial score (nSPS) is 11.6. The van der Waals surface area contributed by atoms with Crippen LogP contribution in [0.4, 0.5) is 11.4 Å². The van der Waals surface area contributed by atoms with Crippen LogP contribution in [-0.4, -0.2) is 11.0 Å². The first-order valence-corrected chi connectivity index (χ1v) is 7.65. The zero-order chi connectivity index (χ0) is 17.5. The van der Waals surface area contributed by atoms with Crippen molar-refractivity contribution in [1.29, 1.82) is 0 Å². The maximum Gasteiger partial charge on any atom is 0.229 e. The Bertz CT molecular complexity index is 972. The third-order valence-electron chi connectivity index (χ3n) is 4.00. The highest BCUT2D eigenvalue weighted by Crippen LogP contribution is 2.43. The zero-order valence-corrected chi connectivity index (χ0v) is 13.8. The molecule has 0 aliphatic rings. The molecule has 5 heteroatoms. The number of phenols is 1. The molecule has 1 amide bonds. The molecule has 0 bridgehead atoms. The Hall–Kier alpha value is -2.95. The molecule has 2 N–H and O–H groups in total. The summed E-state index contributed by atoms with van der Waals surface area (Å²) in [7, 11) is 0. The van der Waals surface area contributed by atoms with Crippen LogP contribution in [0, 0.1) is 10.3 Å². The smallest absolute Gasteiger partial charge is 0.229 e. The number of anilines is 1. The van der Waals surface area contributed by atoms with Gasteiger partial charge in [0.25, 0.3) is 0 Å². The third kappa shape index (κ3) is 2.58. The van der Waals surface area contributed by atoms with E-state index in [0.717, 1.165) is 10.8 Å². The van der Waals surface area contributed by atoms with Gasteiger partial charge < -0.3 is 10.4 Å². The molecule has 0 aliphatic carbocycles. The van der Waals surface area contributed by atoms with E-state index in [2.05, 4.69) is 10.5 Å². The number of nitrogens with one attached hydrogen (secondary N) is 1. The molecule has 0 atom stereocenters. The summed E-state index contributed by atoms with van der Waals surface area (Å²) in [6.07, 6.45) is 0. The van der Waals surface area contributed by atoms with Gasteiger partial charge in [0.05, 0.1) is 0 Å². The average Bonchev–Trinajstić information content (AvgIpc) is 2.54. The number of nitrogens with zero attached hydrogens (tertiary/aromatic N) is 1.